The van der Waals surface area contributed by atoms with E-state index in [1.807, 2.05) is 24.1 Å². The molecule has 0 spiro atoms. The van der Waals surface area contributed by atoms with Gasteiger partial charge >= 0.3 is 6.03 Å². The highest BCUT2D eigenvalue weighted by atomic mass is 16.5. The van der Waals surface area contributed by atoms with E-state index in [2.05, 4.69) is 10.6 Å². The molecule has 0 bridgehead atoms. The molecule has 0 heterocycles. The molecule has 0 unspecified atom stereocenters. The summed E-state index contributed by atoms with van der Waals surface area (Å²) in [6.45, 7) is 0.471. The number of nitrogens with zero attached hydrogens (tertiary/aromatic N) is 1. The largest absolute Gasteiger partial charge is 0.493 e. The Morgan fingerprint density at radius 2 is 1.86 bits per heavy atom. The third kappa shape index (κ3) is 4.87. The van der Waals surface area contributed by atoms with Crippen LogP contribution in [0.5, 0.6) is 11.5 Å². The second kappa shape index (κ2) is 7.98. The van der Waals surface area contributed by atoms with Gasteiger partial charge in [0.25, 0.3) is 0 Å². The summed E-state index contributed by atoms with van der Waals surface area (Å²) in [5.41, 5.74) is 0.889. The van der Waals surface area contributed by atoms with Crippen LogP contribution in [0.3, 0.4) is 0 Å². The Bertz CT molecular complexity index is 505. The van der Waals surface area contributed by atoms with E-state index in [0.29, 0.717) is 18.0 Å². The fraction of sp³-hybridized carbons (Fsp3) is 0.429. The van der Waals surface area contributed by atoms with Gasteiger partial charge in [-0.15, -0.1) is 0 Å². The van der Waals surface area contributed by atoms with Crippen molar-refractivity contribution in [2.45, 2.75) is 6.42 Å². The van der Waals surface area contributed by atoms with Gasteiger partial charge in [-0.2, -0.15) is 0 Å². The Labute approximate surface area is 124 Å². The molecule has 0 aliphatic carbocycles. The molecule has 7 nitrogen and oxygen atoms in total. The van der Waals surface area contributed by atoms with Gasteiger partial charge in [0, 0.05) is 38.8 Å². The van der Waals surface area contributed by atoms with Crippen molar-refractivity contribution in [2.75, 3.05) is 39.8 Å². The first-order chi connectivity index (χ1) is 10.0. The number of benzene rings is 1. The molecule has 0 radical (unpaired) electrons. The van der Waals surface area contributed by atoms with Crippen molar-refractivity contribution in [3.8, 4) is 11.5 Å². The summed E-state index contributed by atoms with van der Waals surface area (Å²) >= 11 is 0. The third-order valence-electron chi connectivity index (χ3n) is 2.96. The number of rotatable bonds is 6. The molecule has 0 aliphatic rings. The third-order valence-corrected chi connectivity index (χ3v) is 2.96. The van der Waals surface area contributed by atoms with Gasteiger partial charge in [0.2, 0.25) is 5.91 Å². The number of urea groups is 1. The van der Waals surface area contributed by atoms with Crippen molar-refractivity contribution in [3.63, 3.8) is 0 Å². The molecule has 3 amide bonds. The SMILES string of the molecule is CNC(=O)NC(=O)CCN(C)c1ccc(OC)c(OC)c1. The highest BCUT2D eigenvalue weighted by Crippen LogP contribution is 2.31. The van der Waals surface area contributed by atoms with Crippen LogP contribution in [0.1, 0.15) is 6.42 Å². The van der Waals surface area contributed by atoms with Gasteiger partial charge in [-0.1, -0.05) is 0 Å². The second-order valence-electron chi connectivity index (χ2n) is 4.34. The number of methoxy groups -OCH3 is 2. The molecular formula is C14H21N3O4. The van der Waals surface area contributed by atoms with Crippen molar-refractivity contribution in [2.24, 2.45) is 0 Å². The zero-order valence-corrected chi connectivity index (χ0v) is 12.7. The monoisotopic (exact) mass is 295 g/mol. The molecule has 7 heteroatoms. The maximum Gasteiger partial charge on any atom is 0.321 e. The van der Waals surface area contributed by atoms with E-state index in [1.54, 1.807) is 20.3 Å². The fourth-order valence-corrected chi connectivity index (χ4v) is 1.71. The number of ether oxygens (including phenoxy) is 2. The maximum absolute atomic E-state index is 11.5. The summed E-state index contributed by atoms with van der Waals surface area (Å²) in [7, 11) is 6.45. The number of hydrogen-bond acceptors (Lipinski definition) is 5. The number of hydrogen-bond donors (Lipinski definition) is 2. The van der Waals surface area contributed by atoms with Crippen LogP contribution in [-0.2, 0) is 4.79 Å². The van der Waals surface area contributed by atoms with Gasteiger partial charge < -0.3 is 19.7 Å². The Balaban J connectivity index is 2.61. The lowest BCUT2D eigenvalue weighted by Gasteiger charge is -2.20. The maximum atomic E-state index is 11.5. The summed E-state index contributed by atoms with van der Waals surface area (Å²) in [5, 5.41) is 4.54. The van der Waals surface area contributed by atoms with Crippen molar-refractivity contribution in [3.05, 3.63) is 18.2 Å². The zero-order chi connectivity index (χ0) is 15.8. The lowest BCUT2D eigenvalue weighted by molar-refractivity contribution is -0.119. The molecular weight excluding hydrogens is 274 g/mol. The standard InChI is InChI=1S/C14H21N3O4/c1-15-14(19)16-13(18)7-8-17(2)10-5-6-11(20-3)12(9-10)21-4/h5-6,9H,7-8H2,1-4H3,(H2,15,16,18,19). The molecule has 1 aromatic rings. The molecule has 0 saturated heterocycles. The van der Waals surface area contributed by atoms with Gasteiger partial charge in [0.15, 0.2) is 11.5 Å². The first-order valence-corrected chi connectivity index (χ1v) is 6.46. The topological polar surface area (TPSA) is 79.9 Å². The smallest absolute Gasteiger partial charge is 0.321 e. The first-order valence-electron chi connectivity index (χ1n) is 6.46. The van der Waals surface area contributed by atoms with Crippen LogP contribution < -0.4 is 25.0 Å². The van der Waals surface area contributed by atoms with Crippen LogP contribution in [0.4, 0.5) is 10.5 Å². The second-order valence-corrected chi connectivity index (χ2v) is 4.34. The summed E-state index contributed by atoms with van der Waals surface area (Å²) in [5.74, 6) is 0.936. The molecule has 0 atom stereocenters. The number of imide groups is 1. The fourth-order valence-electron chi connectivity index (χ4n) is 1.71. The minimum absolute atomic E-state index is 0.207. The Morgan fingerprint density at radius 1 is 1.19 bits per heavy atom. The van der Waals surface area contributed by atoms with Crippen LogP contribution in [-0.4, -0.2) is 46.8 Å². The van der Waals surface area contributed by atoms with Crippen molar-refractivity contribution < 1.29 is 19.1 Å². The summed E-state index contributed by atoms with van der Waals surface area (Å²) < 4.78 is 10.4. The molecule has 0 aromatic heterocycles. The molecule has 1 rings (SSSR count). The minimum Gasteiger partial charge on any atom is -0.493 e. The predicted molar refractivity (Wildman–Crippen MR) is 80.0 cm³/mol. The average molecular weight is 295 g/mol. The van der Waals surface area contributed by atoms with Crippen LogP contribution in [0.15, 0.2) is 18.2 Å². The Kier molecular flexibility index (Phi) is 6.32. The normalized spacial score (nSPS) is 9.71. The number of nitrogens with one attached hydrogen (secondary N) is 2. The van der Waals surface area contributed by atoms with E-state index in [4.69, 9.17) is 9.47 Å². The summed E-state index contributed by atoms with van der Waals surface area (Å²) in [6.07, 6.45) is 0.207. The van der Waals surface area contributed by atoms with E-state index >= 15 is 0 Å². The highest BCUT2D eigenvalue weighted by molar-refractivity contribution is 5.94. The van der Waals surface area contributed by atoms with Crippen molar-refractivity contribution >= 4 is 17.6 Å². The minimum atomic E-state index is -0.506. The van der Waals surface area contributed by atoms with Crippen LogP contribution >= 0.6 is 0 Å². The molecule has 21 heavy (non-hydrogen) atoms. The first kappa shape index (κ1) is 16.6. The molecule has 2 N–H and O–H groups in total. The molecule has 1 aromatic carbocycles. The number of anilines is 1. The summed E-state index contributed by atoms with van der Waals surface area (Å²) in [4.78, 5) is 24.4. The van der Waals surface area contributed by atoms with Crippen LogP contribution in [0.2, 0.25) is 0 Å². The quantitative estimate of drug-likeness (QED) is 0.818. The van der Waals surface area contributed by atoms with E-state index in [0.717, 1.165) is 5.69 Å². The van der Waals surface area contributed by atoms with Crippen molar-refractivity contribution in [1.29, 1.82) is 0 Å². The van der Waals surface area contributed by atoms with Gasteiger partial charge in [-0.05, 0) is 12.1 Å². The molecule has 0 fully saturated rings. The Morgan fingerprint density at radius 3 is 2.43 bits per heavy atom. The van der Waals surface area contributed by atoms with E-state index in [-0.39, 0.29) is 12.3 Å². The molecule has 116 valence electrons. The highest BCUT2D eigenvalue weighted by Gasteiger charge is 2.10. The lowest BCUT2D eigenvalue weighted by atomic mass is 10.2. The Hall–Kier alpha value is -2.44. The lowest BCUT2D eigenvalue weighted by Crippen LogP contribution is -2.38. The van der Waals surface area contributed by atoms with Crippen LogP contribution in [0, 0.1) is 0 Å². The summed E-state index contributed by atoms with van der Waals surface area (Å²) in [6, 6.07) is 5.00. The van der Waals surface area contributed by atoms with Gasteiger partial charge in [-0.25, -0.2) is 4.79 Å². The molecule has 0 aliphatic heterocycles. The van der Waals surface area contributed by atoms with Crippen molar-refractivity contribution in [1.82, 2.24) is 10.6 Å². The van der Waals surface area contributed by atoms with Gasteiger partial charge in [0.05, 0.1) is 14.2 Å². The predicted octanol–water partition coefficient (Wildman–Crippen LogP) is 0.986. The van der Waals surface area contributed by atoms with E-state index < -0.39 is 6.03 Å². The van der Waals surface area contributed by atoms with E-state index in [9.17, 15) is 9.59 Å². The molecule has 0 saturated carbocycles. The number of carbonyl (C=O) groups is 2. The number of carbonyl (C=O) groups excluding carboxylic acids is 2. The van der Waals surface area contributed by atoms with Gasteiger partial charge in [-0.3, -0.25) is 10.1 Å². The number of amides is 3. The van der Waals surface area contributed by atoms with Crippen LogP contribution in [0.25, 0.3) is 0 Å². The zero-order valence-electron chi connectivity index (χ0n) is 12.7. The van der Waals surface area contributed by atoms with Gasteiger partial charge in [0.1, 0.15) is 0 Å². The van der Waals surface area contributed by atoms with E-state index in [1.165, 1.54) is 7.05 Å². The average Bonchev–Trinajstić information content (AvgIpc) is 2.51.